The SMILES string of the molecule is Cc1ccc(C(=O)NC(C)(C)CC(=O)O)n1C. The van der Waals surface area contributed by atoms with Crippen LogP contribution in [0.25, 0.3) is 0 Å². The highest BCUT2D eigenvalue weighted by molar-refractivity contribution is 5.93. The maximum Gasteiger partial charge on any atom is 0.305 e. The molecule has 0 aliphatic rings. The molecule has 0 unspecified atom stereocenters. The molecule has 0 aliphatic heterocycles. The van der Waals surface area contributed by atoms with E-state index in [0.717, 1.165) is 5.69 Å². The highest BCUT2D eigenvalue weighted by Crippen LogP contribution is 2.11. The van der Waals surface area contributed by atoms with Gasteiger partial charge in [-0.2, -0.15) is 0 Å². The molecule has 5 heteroatoms. The summed E-state index contributed by atoms with van der Waals surface area (Å²) in [6.45, 7) is 5.28. The van der Waals surface area contributed by atoms with Gasteiger partial charge in [-0.1, -0.05) is 0 Å². The zero-order valence-corrected chi connectivity index (χ0v) is 10.6. The molecule has 0 saturated carbocycles. The van der Waals surface area contributed by atoms with Crippen LogP contribution in [0, 0.1) is 6.92 Å². The zero-order chi connectivity index (χ0) is 13.2. The molecule has 5 nitrogen and oxygen atoms in total. The first-order valence-corrected chi connectivity index (χ1v) is 5.39. The molecule has 0 atom stereocenters. The van der Waals surface area contributed by atoms with Crippen molar-refractivity contribution >= 4 is 11.9 Å². The summed E-state index contributed by atoms with van der Waals surface area (Å²) in [7, 11) is 1.80. The Hall–Kier alpha value is -1.78. The molecule has 17 heavy (non-hydrogen) atoms. The summed E-state index contributed by atoms with van der Waals surface area (Å²) >= 11 is 0. The van der Waals surface area contributed by atoms with Crippen LogP contribution >= 0.6 is 0 Å². The zero-order valence-electron chi connectivity index (χ0n) is 10.6. The highest BCUT2D eigenvalue weighted by Gasteiger charge is 2.25. The Kier molecular flexibility index (Phi) is 3.60. The highest BCUT2D eigenvalue weighted by atomic mass is 16.4. The molecule has 0 aliphatic carbocycles. The minimum Gasteiger partial charge on any atom is -0.481 e. The maximum atomic E-state index is 12.0. The van der Waals surface area contributed by atoms with Crippen LogP contribution in [0.5, 0.6) is 0 Å². The number of hydrogen-bond donors (Lipinski definition) is 2. The third kappa shape index (κ3) is 3.34. The van der Waals surface area contributed by atoms with Crippen LogP contribution < -0.4 is 5.32 Å². The predicted molar refractivity (Wildman–Crippen MR) is 63.9 cm³/mol. The van der Waals surface area contributed by atoms with Crippen molar-refractivity contribution < 1.29 is 14.7 Å². The topological polar surface area (TPSA) is 71.3 Å². The van der Waals surface area contributed by atoms with E-state index in [4.69, 9.17) is 5.11 Å². The Morgan fingerprint density at radius 3 is 2.41 bits per heavy atom. The van der Waals surface area contributed by atoms with Gasteiger partial charge in [0.1, 0.15) is 5.69 Å². The molecule has 1 amide bonds. The molecule has 0 saturated heterocycles. The molecule has 0 radical (unpaired) electrons. The van der Waals surface area contributed by atoms with Gasteiger partial charge in [-0.15, -0.1) is 0 Å². The first kappa shape index (κ1) is 13.3. The number of nitrogens with one attached hydrogen (secondary N) is 1. The lowest BCUT2D eigenvalue weighted by Crippen LogP contribution is -2.45. The average molecular weight is 238 g/mol. The second-order valence-electron chi connectivity index (χ2n) is 4.83. The van der Waals surface area contributed by atoms with Gasteiger partial charge < -0.3 is 15.0 Å². The van der Waals surface area contributed by atoms with E-state index >= 15 is 0 Å². The number of carboxylic acids is 1. The van der Waals surface area contributed by atoms with E-state index in [9.17, 15) is 9.59 Å². The Balaban J connectivity index is 2.79. The predicted octanol–water partition coefficient (Wildman–Crippen LogP) is 1.32. The Bertz CT molecular complexity index is 447. The Labute approximate surface area is 100 Å². The molecular weight excluding hydrogens is 220 g/mol. The Morgan fingerprint density at radius 2 is 2.00 bits per heavy atom. The van der Waals surface area contributed by atoms with Crippen molar-refractivity contribution in [2.45, 2.75) is 32.7 Å². The maximum absolute atomic E-state index is 12.0. The fourth-order valence-electron chi connectivity index (χ4n) is 1.63. The summed E-state index contributed by atoms with van der Waals surface area (Å²) in [6.07, 6.45) is -0.109. The van der Waals surface area contributed by atoms with Crippen LogP contribution in [0.2, 0.25) is 0 Å². The van der Waals surface area contributed by atoms with E-state index in [1.54, 1.807) is 31.5 Å². The van der Waals surface area contributed by atoms with E-state index in [0.29, 0.717) is 5.69 Å². The minimum absolute atomic E-state index is 0.109. The van der Waals surface area contributed by atoms with Gasteiger partial charge in [-0.3, -0.25) is 9.59 Å². The van der Waals surface area contributed by atoms with E-state index < -0.39 is 11.5 Å². The molecular formula is C12H18N2O3. The minimum atomic E-state index is -0.932. The molecule has 1 rings (SSSR count). The number of carboxylic acid groups (broad SMARTS) is 1. The number of carbonyl (C=O) groups is 2. The molecule has 1 heterocycles. The average Bonchev–Trinajstić information content (AvgIpc) is 2.44. The van der Waals surface area contributed by atoms with Crippen LogP contribution in [0.4, 0.5) is 0 Å². The van der Waals surface area contributed by atoms with Crippen molar-refractivity contribution in [2.75, 3.05) is 0 Å². The van der Waals surface area contributed by atoms with Gasteiger partial charge >= 0.3 is 5.97 Å². The quantitative estimate of drug-likeness (QED) is 0.831. The van der Waals surface area contributed by atoms with Crippen molar-refractivity contribution in [3.63, 3.8) is 0 Å². The molecule has 0 aromatic carbocycles. The molecule has 1 aromatic rings. The van der Waals surface area contributed by atoms with E-state index in [-0.39, 0.29) is 12.3 Å². The van der Waals surface area contributed by atoms with Gasteiger partial charge in [0.2, 0.25) is 0 Å². The normalized spacial score (nSPS) is 11.3. The lowest BCUT2D eigenvalue weighted by Gasteiger charge is -2.24. The second kappa shape index (κ2) is 4.61. The fourth-order valence-corrected chi connectivity index (χ4v) is 1.63. The molecule has 94 valence electrons. The molecule has 0 bridgehead atoms. The third-order valence-corrected chi connectivity index (χ3v) is 2.65. The van der Waals surface area contributed by atoms with Crippen LogP contribution in [-0.4, -0.2) is 27.1 Å². The number of aromatic nitrogens is 1. The van der Waals surface area contributed by atoms with E-state index in [2.05, 4.69) is 5.32 Å². The summed E-state index contributed by atoms with van der Waals surface area (Å²) in [4.78, 5) is 22.6. The van der Waals surface area contributed by atoms with Crippen molar-refractivity contribution in [2.24, 2.45) is 7.05 Å². The van der Waals surface area contributed by atoms with Crippen molar-refractivity contribution in [1.29, 1.82) is 0 Å². The summed E-state index contributed by atoms with van der Waals surface area (Å²) in [5.41, 5.74) is 0.744. The second-order valence-corrected chi connectivity index (χ2v) is 4.83. The number of aliphatic carboxylic acids is 1. The van der Waals surface area contributed by atoms with Crippen molar-refractivity contribution in [3.8, 4) is 0 Å². The lowest BCUT2D eigenvalue weighted by atomic mass is 10.0. The standard InChI is InChI=1S/C12H18N2O3/c1-8-5-6-9(14(8)4)11(17)13-12(2,3)7-10(15)16/h5-6H,7H2,1-4H3,(H,13,17)(H,15,16). The van der Waals surface area contributed by atoms with Crippen LogP contribution in [0.3, 0.4) is 0 Å². The van der Waals surface area contributed by atoms with Crippen molar-refractivity contribution in [1.82, 2.24) is 9.88 Å². The third-order valence-electron chi connectivity index (χ3n) is 2.65. The van der Waals surface area contributed by atoms with Gasteiger partial charge in [0, 0.05) is 18.3 Å². The van der Waals surface area contributed by atoms with Crippen molar-refractivity contribution in [3.05, 3.63) is 23.5 Å². The van der Waals surface area contributed by atoms with Gasteiger partial charge in [-0.05, 0) is 32.9 Å². The first-order valence-electron chi connectivity index (χ1n) is 5.39. The number of aryl methyl sites for hydroxylation is 1. The molecule has 0 fully saturated rings. The van der Waals surface area contributed by atoms with Crippen LogP contribution in [0.1, 0.15) is 36.5 Å². The van der Waals surface area contributed by atoms with Gasteiger partial charge in [-0.25, -0.2) is 0 Å². The fraction of sp³-hybridized carbons (Fsp3) is 0.500. The number of hydrogen-bond acceptors (Lipinski definition) is 2. The van der Waals surface area contributed by atoms with E-state index in [1.165, 1.54) is 0 Å². The number of carbonyl (C=O) groups excluding carboxylic acids is 1. The van der Waals surface area contributed by atoms with Gasteiger partial charge in [0.15, 0.2) is 0 Å². The summed E-state index contributed by atoms with van der Waals surface area (Å²) in [5, 5.41) is 11.5. The summed E-state index contributed by atoms with van der Waals surface area (Å²) in [6, 6.07) is 3.57. The van der Waals surface area contributed by atoms with Gasteiger partial charge in [0.05, 0.1) is 6.42 Å². The largest absolute Gasteiger partial charge is 0.481 e. The van der Waals surface area contributed by atoms with E-state index in [1.807, 2.05) is 13.0 Å². The smallest absolute Gasteiger partial charge is 0.305 e. The summed E-state index contributed by atoms with van der Waals surface area (Å²) in [5.74, 6) is -1.19. The Morgan fingerprint density at radius 1 is 1.41 bits per heavy atom. The molecule has 0 spiro atoms. The van der Waals surface area contributed by atoms with Gasteiger partial charge in [0.25, 0.3) is 5.91 Å². The van der Waals surface area contributed by atoms with Crippen LogP contribution in [-0.2, 0) is 11.8 Å². The number of amides is 1. The van der Waals surface area contributed by atoms with Crippen LogP contribution in [0.15, 0.2) is 12.1 Å². The molecule has 1 aromatic heterocycles. The first-order chi connectivity index (χ1) is 7.73. The summed E-state index contributed by atoms with van der Waals surface area (Å²) < 4.78 is 1.77. The number of nitrogens with zero attached hydrogens (tertiary/aromatic N) is 1. The lowest BCUT2D eigenvalue weighted by molar-refractivity contribution is -0.138. The molecule has 2 N–H and O–H groups in total. The monoisotopic (exact) mass is 238 g/mol. The number of rotatable bonds is 4.